The van der Waals surface area contributed by atoms with Crippen LogP contribution in [0.3, 0.4) is 0 Å². The Morgan fingerprint density at radius 1 is 1.14 bits per heavy atom. The molecule has 0 N–H and O–H groups in total. The van der Waals surface area contributed by atoms with Gasteiger partial charge < -0.3 is 9.64 Å². The maximum Gasteiger partial charge on any atom is 0.158 e. The van der Waals surface area contributed by atoms with Gasteiger partial charge in [-0.15, -0.1) is 0 Å². The minimum atomic E-state index is 0.200. The van der Waals surface area contributed by atoms with Gasteiger partial charge in [0.15, 0.2) is 5.82 Å². The van der Waals surface area contributed by atoms with E-state index < -0.39 is 0 Å². The van der Waals surface area contributed by atoms with E-state index in [9.17, 15) is 0 Å². The van der Waals surface area contributed by atoms with Crippen LogP contribution in [0, 0.1) is 6.92 Å². The summed E-state index contributed by atoms with van der Waals surface area (Å²) in [4.78, 5) is 11.9. The molecule has 6 nitrogen and oxygen atoms in total. The molecule has 6 heteroatoms. The fourth-order valence-electron chi connectivity index (χ4n) is 3.16. The molecule has 0 radical (unpaired) electrons. The zero-order chi connectivity index (χ0) is 16.0. The molecule has 2 unspecified atom stereocenters. The molecule has 3 heterocycles. The highest BCUT2D eigenvalue weighted by Crippen LogP contribution is 2.29. The van der Waals surface area contributed by atoms with Gasteiger partial charge in [-0.05, 0) is 20.8 Å². The van der Waals surface area contributed by atoms with Crippen molar-refractivity contribution in [2.45, 2.75) is 52.7 Å². The molecule has 3 rings (SSSR count). The summed E-state index contributed by atoms with van der Waals surface area (Å²) in [6, 6.07) is 0. The number of morpholine rings is 1. The minimum absolute atomic E-state index is 0.200. The molecule has 22 heavy (non-hydrogen) atoms. The molecule has 0 spiro atoms. The predicted molar refractivity (Wildman–Crippen MR) is 87.4 cm³/mol. The molecule has 0 aromatic carbocycles. The molecule has 1 fully saturated rings. The highest BCUT2D eigenvalue weighted by molar-refractivity contribution is 5.88. The average Bonchev–Trinajstić information content (AvgIpc) is 2.72. The predicted octanol–water partition coefficient (Wildman–Crippen LogP) is 2.41. The lowest BCUT2D eigenvalue weighted by Crippen LogP contribution is -2.46. The number of ether oxygens (including phenoxy) is 1. The summed E-state index contributed by atoms with van der Waals surface area (Å²) >= 11 is 0. The van der Waals surface area contributed by atoms with Gasteiger partial charge in [-0.1, -0.05) is 13.8 Å². The monoisotopic (exact) mass is 303 g/mol. The van der Waals surface area contributed by atoms with Gasteiger partial charge in [-0.3, -0.25) is 4.68 Å². The van der Waals surface area contributed by atoms with Crippen LogP contribution in [-0.4, -0.2) is 45.0 Å². The zero-order valence-electron chi connectivity index (χ0n) is 14.3. The Balaban J connectivity index is 2.18. The lowest BCUT2D eigenvalue weighted by molar-refractivity contribution is -0.00540. The van der Waals surface area contributed by atoms with Crippen LogP contribution in [-0.2, 0) is 11.8 Å². The van der Waals surface area contributed by atoms with Gasteiger partial charge in [0.1, 0.15) is 16.9 Å². The summed E-state index contributed by atoms with van der Waals surface area (Å²) in [6.07, 6.45) is 0.399. The van der Waals surface area contributed by atoms with Crippen molar-refractivity contribution in [1.82, 2.24) is 19.7 Å². The van der Waals surface area contributed by atoms with E-state index in [2.05, 4.69) is 37.7 Å². The maximum atomic E-state index is 5.86. The van der Waals surface area contributed by atoms with Gasteiger partial charge in [-0.2, -0.15) is 5.10 Å². The van der Waals surface area contributed by atoms with Gasteiger partial charge in [0.25, 0.3) is 0 Å². The van der Waals surface area contributed by atoms with Crippen molar-refractivity contribution < 1.29 is 4.74 Å². The van der Waals surface area contributed by atoms with Gasteiger partial charge in [0.2, 0.25) is 0 Å². The number of aryl methyl sites for hydroxylation is 2. The van der Waals surface area contributed by atoms with Crippen LogP contribution in [0.2, 0.25) is 0 Å². The van der Waals surface area contributed by atoms with Gasteiger partial charge in [0.05, 0.1) is 17.9 Å². The number of fused-ring (bicyclic) bond motifs is 1. The number of anilines is 1. The lowest BCUT2D eigenvalue weighted by Gasteiger charge is -2.36. The van der Waals surface area contributed by atoms with Gasteiger partial charge in [0, 0.05) is 26.1 Å². The van der Waals surface area contributed by atoms with E-state index in [4.69, 9.17) is 14.7 Å². The van der Waals surface area contributed by atoms with Crippen molar-refractivity contribution in [3.8, 4) is 0 Å². The summed E-state index contributed by atoms with van der Waals surface area (Å²) < 4.78 is 7.75. The summed E-state index contributed by atoms with van der Waals surface area (Å²) in [5.41, 5.74) is 2.93. The highest BCUT2D eigenvalue weighted by Gasteiger charge is 2.27. The summed E-state index contributed by atoms with van der Waals surface area (Å²) in [6.45, 7) is 12.2. The molecule has 1 aliphatic heterocycles. The molecule has 1 saturated heterocycles. The Morgan fingerprint density at radius 3 is 2.36 bits per heavy atom. The number of aromatic nitrogens is 4. The third-order valence-corrected chi connectivity index (χ3v) is 4.08. The Bertz CT molecular complexity index is 683. The summed E-state index contributed by atoms with van der Waals surface area (Å²) in [5, 5.41) is 4.54. The fraction of sp³-hybridized carbons (Fsp3) is 0.688. The normalized spacial score (nSPS) is 22.8. The van der Waals surface area contributed by atoms with Crippen LogP contribution in [0.4, 0.5) is 5.82 Å². The molecule has 0 saturated carbocycles. The molecular weight excluding hydrogens is 278 g/mol. The Kier molecular flexibility index (Phi) is 3.80. The summed E-state index contributed by atoms with van der Waals surface area (Å²) in [7, 11) is 1.96. The average molecular weight is 303 g/mol. The van der Waals surface area contributed by atoms with Crippen LogP contribution >= 0.6 is 0 Å². The second kappa shape index (κ2) is 5.50. The van der Waals surface area contributed by atoms with Crippen LogP contribution in [0.1, 0.15) is 45.1 Å². The second-order valence-electron chi connectivity index (χ2n) is 6.63. The van der Waals surface area contributed by atoms with Crippen LogP contribution in [0.25, 0.3) is 11.0 Å². The Labute approximate surface area is 131 Å². The first kappa shape index (κ1) is 15.2. The SMILES string of the molecule is Cc1nn(C)c2c(N3CC(C)OC(C)C3)nc(C(C)C)nc12. The topological polar surface area (TPSA) is 56.1 Å². The Morgan fingerprint density at radius 2 is 1.77 bits per heavy atom. The molecule has 2 aromatic rings. The third-order valence-electron chi connectivity index (χ3n) is 4.08. The second-order valence-corrected chi connectivity index (χ2v) is 6.63. The number of rotatable bonds is 2. The van der Waals surface area contributed by atoms with Crippen molar-refractivity contribution >= 4 is 16.9 Å². The van der Waals surface area contributed by atoms with Crippen molar-refractivity contribution in [2.24, 2.45) is 7.05 Å². The van der Waals surface area contributed by atoms with Crippen molar-refractivity contribution in [3.05, 3.63) is 11.5 Å². The molecule has 0 aliphatic carbocycles. The van der Waals surface area contributed by atoms with E-state index in [0.717, 1.165) is 41.5 Å². The van der Waals surface area contributed by atoms with Crippen molar-refractivity contribution in [3.63, 3.8) is 0 Å². The fourth-order valence-corrected chi connectivity index (χ4v) is 3.16. The van der Waals surface area contributed by atoms with E-state index >= 15 is 0 Å². The first-order chi connectivity index (χ1) is 10.4. The standard InChI is InChI=1S/C16H25N5O/c1-9(2)15-17-13-12(5)19-20(6)14(13)16(18-15)21-7-10(3)22-11(4)8-21/h9-11H,7-8H2,1-6H3. The number of nitrogens with zero attached hydrogens (tertiary/aromatic N) is 5. The molecule has 120 valence electrons. The lowest BCUT2D eigenvalue weighted by atomic mass is 10.2. The molecule has 0 amide bonds. The zero-order valence-corrected chi connectivity index (χ0v) is 14.3. The smallest absolute Gasteiger partial charge is 0.158 e. The molecule has 0 bridgehead atoms. The molecule has 2 atom stereocenters. The van der Waals surface area contributed by atoms with Gasteiger partial charge >= 0.3 is 0 Å². The molecular formula is C16H25N5O. The van der Waals surface area contributed by atoms with Crippen LogP contribution < -0.4 is 4.90 Å². The number of hydrogen-bond donors (Lipinski definition) is 0. The number of hydrogen-bond acceptors (Lipinski definition) is 5. The first-order valence-electron chi connectivity index (χ1n) is 7.98. The first-order valence-corrected chi connectivity index (χ1v) is 7.98. The summed E-state index contributed by atoms with van der Waals surface area (Å²) in [5.74, 6) is 2.16. The molecule has 1 aliphatic rings. The van der Waals surface area contributed by atoms with E-state index in [0.29, 0.717) is 5.92 Å². The van der Waals surface area contributed by atoms with Crippen LogP contribution in [0.15, 0.2) is 0 Å². The van der Waals surface area contributed by atoms with E-state index in [1.807, 2.05) is 18.7 Å². The van der Waals surface area contributed by atoms with E-state index in [1.54, 1.807) is 0 Å². The van der Waals surface area contributed by atoms with Crippen molar-refractivity contribution in [2.75, 3.05) is 18.0 Å². The third kappa shape index (κ3) is 2.56. The molecule has 2 aromatic heterocycles. The Hall–Kier alpha value is -1.69. The maximum absolute atomic E-state index is 5.86. The minimum Gasteiger partial charge on any atom is -0.372 e. The van der Waals surface area contributed by atoms with E-state index in [1.165, 1.54) is 0 Å². The highest BCUT2D eigenvalue weighted by atomic mass is 16.5. The largest absolute Gasteiger partial charge is 0.372 e. The van der Waals surface area contributed by atoms with E-state index in [-0.39, 0.29) is 12.2 Å². The van der Waals surface area contributed by atoms with Gasteiger partial charge in [-0.25, -0.2) is 9.97 Å². The quantitative estimate of drug-likeness (QED) is 0.852. The van der Waals surface area contributed by atoms with Crippen molar-refractivity contribution in [1.29, 1.82) is 0 Å². The van der Waals surface area contributed by atoms with Crippen LogP contribution in [0.5, 0.6) is 0 Å².